The van der Waals surface area contributed by atoms with Crippen molar-refractivity contribution in [2.45, 2.75) is 38.1 Å². The number of hydrogen-bond donors (Lipinski definition) is 2. The highest BCUT2D eigenvalue weighted by Crippen LogP contribution is 2.38. The predicted molar refractivity (Wildman–Crippen MR) is 79.6 cm³/mol. The van der Waals surface area contributed by atoms with Crippen molar-refractivity contribution in [2.75, 3.05) is 17.7 Å². The van der Waals surface area contributed by atoms with E-state index in [4.69, 9.17) is 0 Å². The van der Waals surface area contributed by atoms with Crippen LogP contribution in [0.4, 0.5) is 11.8 Å². The molecule has 0 aliphatic heterocycles. The second kappa shape index (κ2) is 4.68. The molecule has 1 aromatic heterocycles. The van der Waals surface area contributed by atoms with Gasteiger partial charge in [-0.3, -0.25) is 0 Å². The zero-order valence-electron chi connectivity index (χ0n) is 11.5. The molecule has 2 aromatic rings. The van der Waals surface area contributed by atoms with Gasteiger partial charge in [0, 0.05) is 18.0 Å². The Morgan fingerprint density at radius 2 is 2.00 bits per heavy atom. The third kappa shape index (κ3) is 2.11. The molecule has 19 heavy (non-hydrogen) atoms. The van der Waals surface area contributed by atoms with Crippen molar-refractivity contribution in [1.29, 1.82) is 0 Å². The standard InChI is InChI=1S/C15H20N4/c1-3-15(9-6-10-15)19-13-11-7-4-5-8-12(11)17-14(16-2)18-13/h4-5,7-8H,3,6,9-10H2,1-2H3,(H2,16,17,18,19). The zero-order valence-corrected chi connectivity index (χ0v) is 11.5. The molecule has 1 heterocycles. The molecule has 1 fully saturated rings. The van der Waals surface area contributed by atoms with Crippen molar-refractivity contribution in [2.24, 2.45) is 0 Å². The summed E-state index contributed by atoms with van der Waals surface area (Å²) in [5, 5.41) is 7.80. The van der Waals surface area contributed by atoms with Gasteiger partial charge in [0.15, 0.2) is 0 Å². The fourth-order valence-corrected chi connectivity index (χ4v) is 2.71. The molecule has 1 saturated carbocycles. The molecule has 0 spiro atoms. The number of anilines is 2. The van der Waals surface area contributed by atoms with Gasteiger partial charge in [0.25, 0.3) is 0 Å². The number of para-hydroxylation sites is 1. The van der Waals surface area contributed by atoms with E-state index in [2.05, 4.69) is 33.6 Å². The van der Waals surface area contributed by atoms with Crippen LogP contribution in [0.15, 0.2) is 24.3 Å². The zero-order chi connectivity index (χ0) is 13.3. The Morgan fingerprint density at radius 3 is 2.63 bits per heavy atom. The number of nitrogens with one attached hydrogen (secondary N) is 2. The van der Waals surface area contributed by atoms with Crippen LogP contribution in [0.25, 0.3) is 10.9 Å². The molecule has 4 nitrogen and oxygen atoms in total. The van der Waals surface area contributed by atoms with Crippen molar-refractivity contribution in [3.8, 4) is 0 Å². The van der Waals surface area contributed by atoms with E-state index >= 15 is 0 Å². The lowest BCUT2D eigenvalue weighted by atomic mass is 9.75. The van der Waals surface area contributed by atoms with Gasteiger partial charge >= 0.3 is 0 Å². The van der Waals surface area contributed by atoms with Gasteiger partial charge in [0.05, 0.1) is 5.52 Å². The molecule has 100 valence electrons. The summed E-state index contributed by atoms with van der Waals surface area (Å²) in [5.74, 6) is 1.63. The van der Waals surface area contributed by atoms with Gasteiger partial charge in [-0.25, -0.2) is 4.98 Å². The van der Waals surface area contributed by atoms with Crippen LogP contribution in [-0.2, 0) is 0 Å². The summed E-state index contributed by atoms with van der Waals surface area (Å²) in [6.07, 6.45) is 4.91. The minimum absolute atomic E-state index is 0.238. The third-order valence-electron chi connectivity index (χ3n) is 4.20. The molecule has 3 rings (SSSR count). The molecule has 0 amide bonds. The van der Waals surface area contributed by atoms with E-state index in [1.165, 1.54) is 19.3 Å². The molecule has 4 heteroatoms. The maximum absolute atomic E-state index is 4.60. The molecule has 1 aliphatic carbocycles. The Balaban J connectivity index is 2.05. The topological polar surface area (TPSA) is 49.8 Å². The number of benzene rings is 1. The maximum Gasteiger partial charge on any atom is 0.224 e. The molecular formula is C15H20N4. The first kappa shape index (κ1) is 12.2. The van der Waals surface area contributed by atoms with Crippen LogP contribution in [0.1, 0.15) is 32.6 Å². The van der Waals surface area contributed by atoms with E-state index in [0.29, 0.717) is 5.95 Å². The van der Waals surface area contributed by atoms with Gasteiger partial charge in [-0.2, -0.15) is 4.98 Å². The summed E-state index contributed by atoms with van der Waals surface area (Å²) >= 11 is 0. The smallest absolute Gasteiger partial charge is 0.224 e. The van der Waals surface area contributed by atoms with Crippen molar-refractivity contribution >= 4 is 22.7 Å². The average Bonchev–Trinajstić information content (AvgIpc) is 2.42. The number of hydrogen-bond acceptors (Lipinski definition) is 4. The molecular weight excluding hydrogens is 236 g/mol. The Hall–Kier alpha value is -1.84. The van der Waals surface area contributed by atoms with Crippen LogP contribution in [0.5, 0.6) is 0 Å². The van der Waals surface area contributed by atoms with Gasteiger partial charge in [0.2, 0.25) is 5.95 Å². The molecule has 1 aliphatic rings. The molecule has 0 atom stereocenters. The summed E-state index contributed by atoms with van der Waals surface area (Å²) in [6.45, 7) is 2.24. The van der Waals surface area contributed by atoms with Crippen LogP contribution in [0.3, 0.4) is 0 Å². The van der Waals surface area contributed by atoms with Crippen LogP contribution in [0, 0.1) is 0 Å². The van der Waals surface area contributed by atoms with Gasteiger partial charge < -0.3 is 10.6 Å². The monoisotopic (exact) mass is 256 g/mol. The van der Waals surface area contributed by atoms with Crippen molar-refractivity contribution < 1.29 is 0 Å². The van der Waals surface area contributed by atoms with Crippen LogP contribution >= 0.6 is 0 Å². The first-order valence-corrected chi connectivity index (χ1v) is 6.99. The fraction of sp³-hybridized carbons (Fsp3) is 0.467. The van der Waals surface area contributed by atoms with E-state index in [-0.39, 0.29) is 5.54 Å². The second-order valence-electron chi connectivity index (χ2n) is 5.28. The third-order valence-corrected chi connectivity index (χ3v) is 4.20. The van der Waals surface area contributed by atoms with E-state index in [1.807, 2.05) is 25.2 Å². The Kier molecular flexibility index (Phi) is 3.01. The van der Waals surface area contributed by atoms with E-state index in [0.717, 1.165) is 23.1 Å². The van der Waals surface area contributed by atoms with Gasteiger partial charge in [-0.05, 0) is 37.8 Å². The lowest BCUT2D eigenvalue weighted by Gasteiger charge is -2.42. The highest BCUT2D eigenvalue weighted by atomic mass is 15.2. The Labute approximate surface area is 113 Å². The second-order valence-corrected chi connectivity index (χ2v) is 5.28. The highest BCUT2D eigenvalue weighted by molar-refractivity contribution is 5.90. The first-order chi connectivity index (χ1) is 9.26. The van der Waals surface area contributed by atoms with Gasteiger partial charge in [-0.1, -0.05) is 19.1 Å². The highest BCUT2D eigenvalue weighted by Gasteiger charge is 2.35. The molecule has 0 bridgehead atoms. The number of aromatic nitrogens is 2. The van der Waals surface area contributed by atoms with Crippen molar-refractivity contribution in [1.82, 2.24) is 9.97 Å². The Bertz CT molecular complexity index is 584. The molecule has 2 N–H and O–H groups in total. The summed E-state index contributed by atoms with van der Waals surface area (Å²) in [5.41, 5.74) is 1.22. The summed E-state index contributed by atoms with van der Waals surface area (Å²) in [4.78, 5) is 9.09. The summed E-state index contributed by atoms with van der Waals surface area (Å²) < 4.78 is 0. The molecule has 0 saturated heterocycles. The Morgan fingerprint density at radius 1 is 1.21 bits per heavy atom. The SMILES string of the molecule is CCC1(Nc2nc(NC)nc3ccccc23)CCC1. The van der Waals surface area contributed by atoms with Gasteiger partial charge in [-0.15, -0.1) is 0 Å². The molecule has 1 aromatic carbocycles. The summed E-state index contributed by atoms with van der Waals surface area (Å²) in [6, 6.07) is 8.16. The van der Waals surface area contributed by atoms with E-state index < -0.39 is 0 Å². The number of rotatable bonds is 4. The molecule has 0 radical (unpaired) electrons. The fourth-order valence-electron chi connectivity index (χ4n) is 2.71. The van der Waals surface area contributed by atoms with Crippen LogP contribution < -0.4 is 10.6 Å². The van der Waals surface area contributed by atoms with E-state index in [1.54, 1.807) is 0 Å². The van der Waals surface area contributed by atoms with Crippen LogP contribution in [0.2, 0.25) is 0 Å². The largest absolute Gasteiger partial charge is 0.364 e. The predicted octanol–water partition coefficient (Wildman–Crippen LogP) is 3.42. The first-order valence-electron chi connectivity index (χ1n) is 6.99. The van der Waals surface area contributed by atoms with Crippen molar-refractivity contribution in [3.63, 3.8) is 0 Å². The van der Waals surface area contributed by atoms with Crippen molar-refractivity contribution in [3.05, 3.63) is 24.3 Å². The number of fused-ring (bicyclic) bond motifs is 1. The summed E-state index contributed by atoms with van der Waals surface area (Å²) in [7, 11) is 1.85. The van der Waals surface area contributed by atoms with Gasteiger partial charge in [0.1, 0.15) is 5.82 Å². The quantitative estimate of drug-likeness (QED) is 0.880. The maximum atomic E-state index is 4.60. The minimum atomic E-state index is 0.238. The lowest BCUT2D eigenvalue weighted by molar-refractivity contribution is 0.269. The molecule has 0 unspecified atom stereocenters. The lowest BCUT2D eigenvalue weighted by Crippen LogP contribution is -2.44. The minimum Gasteiger partial charge on any atom is -0.364 e. The van der Waals surface area contributed by atoms with E-state index in [9.17, 15) is 0 Å². The van der Waals surface area contributed by atoms with Crippen LogP contribution in [-0.4, -0.2) is 22.6 Å². The number of nitrogens with zero attached hydrogens (tertiary/aromatic N) is 2. The normalized spacial score (nSPS) is 16.9. The average molecular weight is 256 g/mol.